The highest BCUT2D eigenvalue weighted by atomic mass is 16.5. The highest BCUT2D eigenvalue weighted by Crippen LogP contribution is 2.16. The molecule has 0 aromatic heterocycles. The summed E-state index contributed by atoms with van der Waals surface area (Å²) >= 11 is 0. The quantitative estimate of drug-likeness (QED) is 0.539. The lowest BCUT2D eigenvalue weighted by Gasteiger charge is -2.01. The monoisotopic (exact) mass is 196 g/mol. The number of benzene rings is 1. The average molecular weight is 196 g/mol. The van der Waals surface area contributed by atoms with Crippen LogP contribution < -0.4 is 9.47 Å². The Morgan fingerprint density at radius 3 is 1.86 bits per heavy atom. The lowest BCUT2D eigenvalue weighted by molar-refractivity contribution is -0.131. The van der Waals surface area contributed by atoms with E-state index in [0.717, 1.165) is 5.75 Å². The van der Waals surface area contributed by atoms with Crippen molar-refractivity contribution in [1.82, 2.24) is 0 Å². The molecule has 0 aliphatic heterocycles. The van der Waals surface area contributed by atoms with Crippen LogP contribution in [0.3, 0.4) is 0 Å². The maximum Gasteiger partial charge on any atom is 0.308 e. The number of esters is 1. The Hall–Kier alpha value is -1.51. The molecule has 0 aliphatic rings. The lowest BCUT2D eigenvalue weighted by atomic mass is 10.3. The third-order valence-corrected chi connectivity index (χ3v) is 1.32. The highest BCUT2D eigenvalue weighted by Gasteiger charge is 1.96. The first-order valence-electron chi connectivity index (χ1n) is 4.55. The maximum absolute atomic E-state index is 10.5. The van der Waals surface area contributed by atoms with Crippen LogP contribution in [0, 0.1) is 0 Å². The van der Waals surface area contributed by atoms with Gasteiger partial charge in [-0.3, -0.25) is 4.79 Å². The van der Waals surface area contributed by atoms with E-state index in [2.05, 4.69) is 0 Å². The van der Waals surface area contributed by atoms with Gasteiger partial charge in [0.15, 0.2) is 0 Å². The zero-order chi connectivity index (χ0) is 11.0. The minimum Gasteiger partial charge on any atom is -0.497 e. The normalized spacial score (nSPS) is 8.29. The first-order chi connectivity index (χ1) is 6.72. The van der Waals surface area contributed by atoms with Gasteiger partial charge in [0.25, 0.3) is 0 Å². The van der Waals surface area contributed by atoms with Gasteiger partial charge < -0.3 is 9.47 Å². The number of carbonyl (C=O) groups is 1. The van der Waals surface area contributed by atoms with Crippen LogP contribution in [0.15, 0.2) is 24.3 Å². The second-order valence-electron chi connectivity index (χ2n) is 2.27. The lowest BCUT2D eigenvalue weighted by Crippen LogP contribution is -2.00. The fourth-order valence-electron chi connectivity index (χ4n) is 0.810. The molecule has 0 amide bonds. The van der Waals surface area contributed by atoms with E-state index in [-0.39, 0.29) is 5.97 Å². The summed E-state index contributed by atoms with van der Waals surface area (Å²) in [5, 5.41) is 0. The van der Waals surface area contributed by atoms with Crippen molar-refractivity contribution in [2.45, 2.75) is 20.8 Å². The Labute approximate surface area is 84.7 Å². The molecular weight excluding hydrogens is 180 g/mol. The summed E-state index contributed by atoms with van der Waals surface area (Å²) in [6.07, 6.45) is 0. The van der Waals surface area contributed by atoms with Crippen molar-refractivity contribution in [3.05, 3.63) is 24.3 Å². The summed E-state index contributed by atoms with van der Waals surface area (Å²) in [4.78, 5) is 10.5. The van der Waals surface area contributed by atoms with E-state index < -0.39 is 0 Å². The predicted molar refractivity (Wildman–Crippen MR) is 55.7 cm³/mol. The minimum atomic E-state index is -0.319. The van der Waals surface area contributed by atoms with E-state index in [0.29, 0.717) is 5.75 Å². The predicted octanol–water partition coefficient (Wildman–Crippen LogP) is 2.65. The molecule has 0 fully saturated rings. The van der Waals surface area contributed by atoms with Crippen molar-refractivity contribution in [1.29, 1.82) is 0 Å². The van der Waals surface area contributed by atoms with Crippen LogP contribution in [0.2, 0.25) is 0 Å². The number of rotatable bonds is 2. The van der Waals surface area contributed by atoms with Gasteiger partial charge in [-0.25, -0.2) is 0 Å². The summed E-state index contributed by atoms with van der Waals surface area (Å²) in [6, 6.07) is 6.83. The molecule has 3 heteroatoms. The van der Waals surface area contributed by atoms with Crippen molar-refractivity contribution >= 4 is 5.97 Å². The molecule has 3 nitrogen and oxygen atoms in total. The topological polar surface area (TPSA) is 35.5 Å². The molecule has 0 heterocycles. The number of carbonyl (C=O) groups excluding carboxylic acids is 1. The van der Waals surface area contributed by atoms with Crippen LogP contribution >= 0.6 is 0 Å². The number of methoxy groups -OCH3 is 1. The fraction of sp³-hybridized carbons (Fsp3) is 0.364. The smallest absolute Gasteiger partial charge is 0.308 e. The first kappa shape index (κ1) is 12.5. The van der Waals surface area contributed by atoms with Gasteiger partial charge in [0.1, 0.15) is 11.5 Å². The highest BCUT2D eigenvalue weighted by molar-refractivity contribution is 5.69. The van der Waals surface area contributed by atoms with E-state index in [1.54, 1.807) is 31.4 Å². The molecule has 1 rings (SSSR count). The van der Waals surface area contributed by atoms with Crippen molar-refractivity contribution in [3.8, 4) is 11.5 Å². The summed E-state index contributed by atoms with van der Waals surface area (Å²) < 4.78 is 9.75. The molecule has 0 N–H and O–H groups in total. The van der Waals surface area contributed by atoms with Crippen LogP contribution in [0.4, 0.5) is 0 Å². The molecule has 0 unspecified atom stereocenters. The van der Waals surface area contributed by atoms with Gasteiger partial charge in [-0.2, -0.15) is 0 Å². The zero-order valence-corrected chi connectivity index (χ0v) is 9.03. The van der Waals surface area contributed by atoms with Gasteiger partial charge >= 0.3 is 5.97 Å². The van der Waals surface area contributed by atoms with Crippen LogP contribution in [-0.4, -0.2) is 13.1 Å². The van der Waals surface area contributed by atoms with E-state index in [1.165, 1.54) is 6.92 Å². The largest absolute Gasteiger partial charge is 0.497 e. The Balaban J connectivity index is 0.000000791. The Morgan fingerprint density at radius 1 is 1.07 bits per heavy atom. The minimum absolute atomic E-state index is 0.319. The Kier molecular flexibility index (Phi) is 6.20. The SMILES string of the molecule is CC.COc1ccc(OC(C)=O)cc1. The van der Waals surface area contributed by atoms with Crippen LogP contribution in [0.5, 0.6) is 11.5 Å². The molecule has 14 heavy (non-hydrogen) atoms. The molecule has 0 aliphatic carbocycles. The molecule has 0 saturated carbocycles. The van der Waals surface area contributed by atoms with Crippen molar-refractivity contribution in [3.63, 3.8) is 0 Å². The Bertz CT molecular complexity index is 264. The van der Waals surface area contributed by atoms with Gasteiger partial charge in [0, 0.05) is 6.92 Å². The van der Waals surface area contributed by atoms with E-state index in [9.17, 15) is 4.79 Å². The van der Waals surface area contributed by atoms with E-state index in [1.807, 2.05) is 13.8 Å². The van der Waals surface area contributed by atoms with Crippen molar-refractivity contribution in [2.24, 2.45) is 0 Å². The molecule has 0 atom stereocenters. The van der Waals surface area contributed by atoms with Gasteiger partial charge in [-0.15, -0.1) is 0 Å². The second-order valence-corrected chi connectivity index (χ2v) is 2.27. The van der Waals surface area contributed by atoms with Gasteiger partial charge in [0.05, 0.1) is 7.11 Å². The third-order valence-electron chi connectivity index (χ3n) is 1.32. The fourth-order valence-corrected chi connectivity index (χ4v) is 0.810. The number of hydrogen-bond acceptors (Lipinski definition) is 3. The van der Waals surface area contributed by atoms with Crippen LogP contribution in [-0.2, 0) is 4.79 Å². The zero-order valence-electron chi connectivity index (χ0n) is 9.03. The maximum atomic E-state index is 10.5. The molecule has 0 radical (unpaired) electrons. The summed E-state index contributed by atoms with van der Waals surface area (Å²) in [7, 11) is 1.58. The van der Waals surface area contributed by atoms with Gasteiger partial charge in [-0.1, -0.05) is 13.8 Å². The Morgan fingerprint density at radius 2 is 1.50 bits per heavy atom. The molecule has 1 aromatic rings. The average Bonchev–Trinajstić information content (AvgIpc) is 2.21. The standard InChI is InChI=1S/C9H10O3.C2H6/c1-7(10)12-9-5-3-8(11-2)4-6-9;1-2/h3-6H,1-2H3;1-2H3. The first-order valence-corrected chi connectivity index (χ1v) is 4.55. The van der Waals surface area contributed by atoms with Crippen molar-refractivity contribution < 1.29 is 14.3 Å². The second kappa shape index (κ2) is 6.95. The van der Waals surface area contributed by atoms with Crippen LogP contribution in [0.1, 0.15) is 20.8 Å². The number of hydrogen-bond donors (Lipinski definition) is 0. The van der Waals surface area contributed by atoms with Gasteiger partial charge in [-0.05, 0) is 24.3 Å². The molecule has 0 saturated heterocycles. The molecule has 1 aromatic carbocycles. The van der Waals surface area contributed by atoms with Gasteiger partial charge in [0.2, 0.25) is 0 Å². The molecule has 78 valence electrons. The van der Waals surface area contributed by atoms with E-state index >= 15 is 0 Å². The third kappa shape index (κ3) is 4.50. The molecule has 0 spiro atoms. The molecular formula is C11H16O3. The number of ether oxygens (including phenoxy) is 2. The van der Waals surface area contributed by atoms with Crippen molar-refractivity contribution in [2.75, 3.05) is 7.11 Å². The van der Waals surface area contributed by atoms with E-state index in [4.69, 9.17) is 9.47 Å². The van der Waals surface area contributed by atoms with Crippen LogP contribution in [0.25, 0.3) is 0 Å². The summed E-state index contributed by atoms with van der Waals surface area (Å²) in [5.74, 6) is 0.953. The molecule has 0 bridgehead atoms. The summed E-state index contributed by atoms with van der Waals surface area (Å²) in [5.41, 5.74) is 0. The summed E-state index contributed by atoms with van der Waals surface area (Å²) in [6.45, 7) is 5.37.